The largest absolute Gasteiger partial charge is 0.478 e. The molecule has 76 valence electrons. The maximum Gasteiger partial charge on any atom is 0.327 e. The minimum atomic E-state index is -0.839. The molecule has 0 heterocycles. The molecule has 13 heavy (non-hydrogen) atoms. The summed E-state index contributed by atoms with van der Waals surface area (Å²) in [4.78, 5) is 10.3. The summed E-state index contributed by atoms with van der Waals surface area (Å²) in [5.74, 6) is -0.392. The van der Waals surface area contributed by atoms with Crippen molar-refractivity contribution in [2.75, 3.05) is 0 Å². The molecule has 0 aromatic carbocycles. The van der Waals surface area contributed by atoms with Gasteiger partial charge in [-0.2, -0.15) is 0 Å². The standard InChI is InChI=1S/C11H20O2/c1-3-5-6-7-10(4-2)8-9-11(12)13/h8-10H,3-7H2,1-2H3,(H,12,13). The third kappa shape index (κ3) is 7.57. The Labute approximate surface area is 80.7 Å². The van der Waals surface area contributed by atoms with Gasteiger partial charge in [0.05, 0.1) is 0 Å². The molecular formula is C11H20O2. The summed E-state index contributed by atoms with van der Waals surface area (Å²) >= 11 is 0. The van der Waals surface area contributed by atoms with Crippen LogP contribution in [0.3, 0.4) is 0 Å². The van der Waals surface area contributed by atoms with Gasteiger partial charge in [-0.3, -0.25) is 0 Å². The van der Waals surface area contributed by atoms with Gasteiger partial charge in [0.25, 0.3) is 0 Å². The van der Waals surface area contributed by atoms with Crippen molar-refractivity contribution in [1.29, 1.82) is 0 Å². The molecule has 0 spiro atoms. The fourth-order valence-corrected chi connectivity index (χ4v) is 1.31. The van der Waals surface area contributed by atoms with Crippen LogP contribution in [0.1, 0.15) is 46.0 Å². The van der Waals surface area contributed by atoms with Crippen LogP contribution in [0, 0.1) is 5.92 Å². The number of unbranched alkanes of at least 4 members (excludes halogenated alkanes) is 2. The molecule has 0 aromatic heterocycles. The minimum Gasteiger partial charge on any atom is -0.478 e. The van der Waals surface area contributed by atoms with Gasteiger partial charge in [0.1, 0.15) is 0 Å². The first-order valence-electron chi connectivity index (χ1n) is 5.11. The summed E-state index contributed by atoms with van der Waals surface area (Å²) in [6.07, 6.45) is 8.91. The average molecular weight is 184 g/mol. The van der Waals surface area contributed by atoms with Crippen LogP contribution in [0.4, 0.5) is 0 Å². The normalized spacial score (nSPS) is 13.4. The van der Waals surface area contributed by atoms with Crippen LogP contribution in [0.25, 0.3) is 0 Å². The van der Waals surface area contributed by atoms with E-state index in [1.54, 1.807) is 0 Å². The molecule has 0 saturated carbocycles. The Morgan fingerprint density at radius 1 is 1.38 bits per heavy atom. The van der Waals surface area contributed by atoms with Crippen molar-refractivity contribution >= 4 is 5.97 Å². The molecule has 0 fully saturated rings. The van der Waals surface area contributed by atoms with Gasteiger partial charge >= 0.3 is 5.97 Å². The number of carboxylic acids is 1. The maximum absolute atomic E-state index is 10.3. The lowest BCUT2D eigenvalue weighted by molar-refractivity contribution is -0.131. The first-order valence-corrected chi connectivity index (χ1v) is 5.11. The number of rotatable bonds is 7. The lowest BCUT2D eigenvalue weighted by Crippen LogP contribution is -1.96. The van der Waals surface area contributed by atoms with Crippen LogP contribution < -0.4 is 0 Å². The van der Waals surface area contributed by atoms with Crippen LogP contribution in [0.15, 0.2) is 12.2 Å². The maximum atomic E-state index is 10.3. The van der Waals surface area contributed by atoms with Gasteiger partial charge in [-0.15, -0.1) is 0 Å². The Morgan fingerprint density at radius 2 is 2.08 bits per heavy atom. The highest BCUT2D eigenvalue weighted by Gasteiger charge is 2.01. The first-order chi connectivity index (χ1) is 6.20. The molecule has 2 heteroatoms. The van der Waals surface area contributed by atoms with Crippen molar-refractivity contribution in [3.8, 4) is 0 Å². The Hall–Kier alpha value is -0.790. The Kier molecular flexibility index (Phi) is 7.36. The summed E-state index contributed by atoms with van der Waals surface area (Å²) < 4.78 is 0. The SMILES string of the molecule is CCCCCC(C=CC(=O)O)CC. The average Bonchev–Trinajstić information content (AvgIpc) is 2.10. The van der Waals surface area contributed by atoms with Crippen molar-refractivity contribution in [3.63, 3.8) is 0 Å². The van der Waals surface area contributed by atoms with Gasteiger partial charge in [0, 0.05) is 6.08 Å². The van der Waals surface area contributed by atoms with Crippen molar-refractivity contribution in [2.24, 2.45) is 5.92 Å². The molecule has 0 radical (unpaired) electrons. The first kappa shape index (κ1) is 12.2. The van der Waals surface area contributed by atoms with E-state index in [-0.39, 0.29) is 0 Å². The summed E-state index contributed by atoms with van der Waals surface area (Å²) in [7, 11) is 0. The lowest BCUT2D eigenvalue weighted by Gasteiger charge is -2.08. The molecule has 0 aliphatic carbocycles. The molecule has 1 unspecified atom stereocenters. The third-order valence-electron chi connectivity index (χ3n) is 2.21. The van der Waals surface area contributed by atoms with Crippen molar-refractivity contribution in [3.05, 3.63) is 12.2 Å². The second-order valence-corrected chi connectivity index (χ2v) is 3.36. The van der Waals surface area contributed by atoms with E-state index < -0.39 is 5.97 Å². The van der Waals surface area contributed by atoms with E-state index in [9.17, 15) is 4.79 Å². The zero-order chi connectivity index (χ0) is 10.1. The molecule has 0 saturated heterocycles. The molecule has 2 nitrogen and oxygen atoms in total. The number of carboxylic acid groups (broad SMARTS) is 1. The fourth-order valence-electron chi connectivity index (χ4n) is 1.31. The van der Waals surface area contributed by atoms with Gasteiger partial charge in [-0.05, 0) is 18.8 Å². The van der Waals surface area contributed by atoms with E-state index in [1.807, 2.05) is 6.08 Å². The Balaban J connectivity index is 3.69. The molecular weight excluding hydrogens is 164 g/mol. The van der Waals surface area contributed by atoms with Gasteiger partial charge in [-0.1, -0.05) is 39.2 Å². The van der Waals surface area contributed by atoms with Gasteiger partial charge in [0.2, 0.25) is 0 Å². The van der Waals surface area contributed by atoms with Gasteiger partial charge in [-0.25, -0.2) is 4.79 Å². The predicted molar refractivity (Wildman–Crippen MR) is 54.7 cm³/mol. The molecule has 0 aliphatic heterocycles. The summed E-state index contributed by atoms with van der Waals surface area (Å²) in [6, 6.07) is 0. The lowest BCUT2D eigenvalue weighted by atomic mass is 9.98. The zero-order valence-corrected chi connectivity index (χ0v) is 8.62. The number of carbonyl (C=O) groups is 1. The Bertz CT molecular complexity index is 161. The number of hydrogen-bond donors (Lipinski definition) is 1. The van der Waals surface area contributed by atoms with E-state index in [4.69, 9.17) is 5.11 Å². The van der Waals surface area contributed by atoms with E-state index >= 15 is 0 Å². The van der Waals surface area contributed by atoms with Crippen LogP contribution in [0.5, 0.6) is 0 Å². The van der Waals surface area contributed by atoms with E-state index in [2.05, 4.69) is 13.8 Å². The van der Waals surface area contributed by atoms with Crippen molar-refractivity contribution in [2.45, 2.75) is 46.0 Å². The summed E-state index contributed by atoms with van der Waals surface area (Å²) in [5.41, 5.74) is 0. The molecule has 1 atom stereocenters. The molecule has 0 amide bonds. The molecule has 1 N–H and O–H groups in total. The molecule has 0 rings (SSSR count). The highest BCUT2D eigenvalue weighted by atomic mass is 16.4. The number of hydrogen-bond acceptors (Lipinski definition) is 1. The van der Waals surface area contributed by atoms with Crippen LogP contribution in [0.2, 0.25) is 0 Å². The van der Waals surface area contributed by atoms with Crippen molar-refractivity contribution in [1.82, 2.24) is 0 Å². The van der Waals surface area contributed by atoms with Crippen LogP contribution in [-0.4, -0.2) is 11.1 Å². The van der Waals surface area contributed by atoms with Gasteiger partial charge in [0.15, 0.2) is 0 Å². The monoisotopic (exact) mass is 184 g/mol. The predicted octanol–water partition coefficient (Wildman–Crippen LogP) is 3.23. The summed E-state index contributed by atoms with van der Waals surface area (Å²) in [6.45, 7) is 4.27. The topological polar surface area (TPSA) is 37.3 Å². The van der Waals surface area contributed by atoms with E-state index in [0.29, 0.717) is 5.92 Å². The van der Waals surface area contributed by atoms with Crippen LogP contribution in [-0.2, 0) is 4.79 Å². The number of allylic oxidation sites excluding steroid dienone is 1. The highest BCUT2D eigenvalue weighted by molar-refractivity contribution is 5.79. The van der Waals surface area contributed by atoms with Gasteiger partial charge < -0.3 is 5.11 Å². The van der Waals surface area contributed by atoms with Crippen LogP contribution >= 0.6 is 0 Å². The molecule has 0 bridgehead atoms. The Morgan fingerprint density at radius 3 is 2.54 bits per heavy atom. The highest BCUT2D eigenvalue weighted by Crippen LogP contribution is 2.14. The summed E-state index contributed by atoms with van der Waals surface area (Å²) in [5, 5.41) is 8.44. The quantitative estimate of drug-likeness (QED) is 0.487. The number of aliphatic carboxylic acids is 1. The second-order valence-electron chi connectivity index (χ2n) is 3.36. The molecule has 0 aliphatic rings. The smallest absolute Gasteiger partial charge is 0.327 e. The zero-order valence-electron chi connectivity index (χ0n) is 8.62. The molecule has 0 aromatic rings. The fraction of sp³-hybridized carbons (Fsp3) is 0.727. The van der Waals surface area contributed by atoms with E-state index in [1.165, 1.54) is 25.3 Å². The van der Waals surface area contributed by atoms with E-state index in [0.717, 1.165) is 12.8 Å². The second kappa shape index (κ2) is 7.84. The third-order valence-corrected chi connectivity index (χ3v) is 2.21. The van der Waals surface area contributed by atoms with Crippen molar-refractivity contribution < 1.29 is 9.90 Å². The minimum absolute atomic E-state index is 0.447.